The van der Waals surface area contributed by atoms with Crippen molar-refractivity contribution in [1.29, 1.82) is 0 Å². The van der Waals surface area contributed by atoms with E-state index in [0.717, 1.165) is 16.8 Å². The Morgan fingerprint density at radius 3 is 2.62 bits per heavy atom. The highest BCUT2D eigenvalue weighted by molar-refractivity contribution is 9.10. The van der Waals surface area contributed by atoms with Crippen molar-refractivity contribution in [3.05, 3.63) is 46.4 Å². The molecule has 0 aliphatic rings. The van der Waals surface area contributed by atoms with Crippen LogP contribution in [0.3, 0.4) is 0 Å². The van der Waals surface area contributed by atoms with E-state index in [4.69, 9.17) is 10.5 Å². The minimum atomic E-state index is 0.0450. The maximum atomic E-state index is 5.90. The lowest BCUT2D eigenvalue weighted by molar-refractivity contribution is 0.234. The number of anilines is 2. The van der Waals surface area contributed by atoms with Gasteiger partial charge in [-0.05, 0) is 37.6 Å². The largest absolute Gasteiger partial charge is 0.473 e. The van der Waals surface area contributed by atoms with E-state index in [1.54, 1.807) is 0 Å². The maximum Gasteiger partial charge on any atom is 0.239 e. The van der Waals surface area contributed by atoms with E-state index in [9.17, 15) is 0 Å². The Morgan fingerprint density at radius 1 is 1.24 bits per heavy atom. The SMILES string of the molecule is CC(C)Oc1nc(N(C)Cc2ccccc2Br)ccc1N. The Balaban J connectivity index is 2.19. The van der Waals surface area contributed by atoms with Gasteiger partial charge in [-0.2, -0.15) is 4.98 Å². The standard InChI is InChI=1S/C16H20BrN3O/c1-11(2)21-16-14(18)8-9-15(19-16)20(3)10-12-6-4-5-7-13(12)17/h4-9,11H,10,18H2,1-3H3. The molecule has 2 aromatic rings. The molecule has 0 radical (unpaired) electrons. The topological polar surface area (TPSA) is 51.4 Å². The smallest absolute Gasteiger partial charge is 0.239 e. The van der Waals surface area contributed by atoms with Gasteiger partial charge in [0.1, 0.15) is 5.82 Å². The van der Waals surface area contributed by atoms with Gasteiger partial charge >= 0.3 is 0 Å². The summed E-state index contributed by atoms with van der Waals surface area (Å²) in [7, 11) is 2.00. The van der Waals surface area contributed by atoms with Crippen molar-refractivity contribution in [3.63, 3.8) is 0 Å². The van der Waals surface area contributed by atoms with Crippen LogP contribution in [0.5, 0.6) is 5.88 Å². The second-order valence-corrected chi connectivity index (χ2v) is 6.03. The van der Waals surface area contributed by atoms with E-state index < -0.39 is 0 Å². The molecule has 0 unspecified atom stereocenters. The van der Waals surface area contributed by atoms with Crippen LogP contribution in [0.15, 0.2) is 40.9 Å². The van der Waals surface area contributed by atoms with Gasteiger partial charge in [-0.3, -0.25) is 0 Å². The van der Waals surface area contributed by atoms with E-state index in [1.165, 1.54) is 5.56 Å². The molecule has 0 aliphatic heterocycles. The lowest BCUT2D eigenvalue weighted by atomic mass is 10.2. The Labute approximate surface area is 134 Å². The molecule has 0 amide bonds. The highest BCUT2D eigenvalue weighted by Crippen LogP contribution is 2.25. The molecule has 0 atom stereocenters. The normalized spacial score (nSPS) is 10.7. The van der Waals surface area contributed by atoms with Crippen LogP contribution in [0.4, 0.5) is 11.5 Å². The average molecular weight is 350 g/mol. The van der Waals surface area contributed by atoms with Crippen molar-refractivity contribution >= 4 is 27.4 Å². The molecule has 2 rings (SSSR count). The van der Waals surface area contributed by atoms with Crippen molar-refractivity contribution in [2.75, 3.05) is 17.7 Å². The second kappa shape index (κ2) is 6.80. The van der Waals surface area contributed by atoms with E-state index in [0.29, 0.717) is 11.6 Å². The highest BCUT2D eigenvalue weighted by atomic mass is 79.9. The molecular weight excluding hydrogens is 330 g/mol. The summed E-state index contributed by atoms with van der Waals surface area (Å²) in [5.41, 5.74) is 7.66. The third-order valence-corrected chi connectivity index (χ3v) is 3.75. The molecule has 21 heavy (non-hydrogen) atoms. The molecule has 0 fully saturated rings. The summed E-state index contributed by atoms with van der Waals surface area (Å²) in [4.78, 5) is 6.56. The Hall–Kier alpha value is -1.75. The second-order valence-electron chi connectivity index (χ2n) is 5.18. The van der Waals surface area contributed by atoms with Crippen molar-refractivity contribution in [1.82, 2.24) is 4.98 Å². The first-order valence-corrected chi connectivity index (χ1v) is 7.64. The van der Waals surface area contributed by atoms with Gasteiger partial charge in [0.15, 0.2) is 0 Å². The summed E-state index contributed by atoms with van der Waals surface area (Å²) >= 11 is 3.56. The first-order chi connectivity index (χ1) is 9.97. The van der Waals surface area contributed by atoms with Gasteiger partial charge in [-0.1, -0.05) is 34.1 Å². The number of aromatic nitrogens is 1. The molecule has 0 spiro atoms. The number of benzene rings is 1. The molecule has 1 heterocycles. The van der Waals surface area contributed by atoms with E-state index in [2.05, 4.69) is 31.9 Å². The minimum absolute atomic E-state index is 0.0450. The number of nitrogen functional groups attached to an aromatic ring is 1. The lowest BCUT2D eigenvalue weighted by Crippen LogP contribution is -2.19. The summed E-state index contributed by atoms with van der Waals surface area (Å²) in [5.74, 6) is 1.32. The van der Waals surface area contributed by atoms with Crippen LogP contribution in [-0.4, -0.2) is 18.1 Å². The predicted octanol–water partition coefficient (Wildman–Crippen LogP) is 3.85. The Bertz CT molecular complexity index is 616. The number of halogens is 1. The van der Waals surface area contributed by atoms with Gasteiger partial charge in [-0.25, -0.2) is 0 Å². The van der Waals surface area contributed by atoms with Gasteiger partial charge in [0.05, 0.1) is 11.8 Å². The molecule has 0 saturated carbocycles. The Morgan fingerprint density at radius 2 is 1.95 bits per heavy atom. The summed E-state index contributed by atoms with van der Waals surface area (Å²) < 4.78 is 6.73. The van der Waals surface area contributed by atoms with E-state index in [1.807, 2.05) is 51.2 Å². The molecule has 0 aliphatic carbocycles. The van der Waals surface area contributed by atoms with Gasteiger partial charge in [-0.15, -0.1) is 0 Å². The van der Waals surface area contributed by atoms with Crippen molar-refractivity contribution in [2.24, 2.45) is 0 Å². The van der Waals surface area contributed by atoms with Crippen LogP contribution in [0, 0.1) is 0 Å². The summed E-state index contributed by atoms with van der Waals surface area (Å²) in [6.45, 7) is 4.66. The van der Waals surface area contributed by atoms with Crippen LogP contribution >= 0.6 is 15.9 Å². The first-order valence-electron chi connectivity index (χ1n) is 6.85. The quantitative estimate of drug-likeness (QED) is 0.890. The Kier molecular flexibility index (Phi) is 5.07. The fourth-order valence-electron chi connectivity index (χ4n) is 1.93. The first kappa shape index (κ1) is 15.6. The maximum absolute atomic E-state index is 5.90. The van der Waals surface area contributed by atoms with Gasteiger partial charge in [0.2, 0.25) is 5.88 Å². The van der Waals surface area contributed by atoms with Crippen molar-refractivity contribution < 1.29 is 4.74 Å². The monoisotopic (exact) mass is 349 g/mol. The summed E-state index contributed by atoms with van der Waals surface area (Å²) in [6.07, 6.45) is 0.0450. The number of pyridine rings is 1. The molecule has 112 valence electrons. The van der Waals surface area contributed by atoms with Gasteiger partial charge in [0, 0.05) is 18.1 Å². The molecule has 0 saturated heterocycles. The molecule has 0 bridgehead atoms. The molecule has 1 aromatic carbocycles. The van der Waals surface area contributed by atoms with E-state index in [-0.39, 0.29) is 6.10 Å². The van der Waals surface area contributed by atoms with Crippen molar-refractivity contribution in [3.8, 4) is 5.88 Å². The van der Waals surface area contributed by atoms with Crippen LogP contribution in [0.2, 0.25) is 0 Å². The number of nitrogens with two attached hydrogens (primary N) is 1. The molecule has 5 heteroatoms. The lowest BCUT2D eigenvalue weighted by Gasteiger charge is -2.20. The summed E-state index contributed by atoms with van der Waals surface area (Å²) in [6, 6.07) is 11.9. The third-order valence-electron chi connectivity index (χ3n) is 2.98. The summed E-state index contributed by atoms with van der Waals surface area (Å²) in [5, 5.41) is 0. The van der Waals surface area contributed by atoms with Gasteiger partial charge in [0.25, 0.3) is 0 Å². The van der Waals surface area contributed by atoms with Gasteiger partial charge < -0.3 is 15.4 Å². The molecular formula is C16H20BrN3O. The number of nitrogens with zero attached hydrogens (tertiary/aromatic N) is 2. The third kappa shape index (κ3) is 4.11. The fourth-order valence-corrected chi connectivity index (χ4v) is 2.35. The highest BCUT2D eigenvalue weighted by Gasteiger charge is 2.10. The molecule has 4 nitrogen and oxygen atoms in total. The molecule has 2 N–H and O–H groups in total. The fraction of sp³-hybridized carbons (Fsp3) is 0.312. The number of hydrogen-bond acceptors (Lipinski definition) is 4. The minimum Gasteiger partial charge on any atom is -0.473 e. The average Bonchev–Trinajstić information content (AvgIpc) is 2.43. The van der Waals surface area contributed by atoms with Crippen molar-refractivity contribution in [2.45, 2.75) is 26.5 Å². The zero-order valence-electron chi connectivity index (χ0n) is 12.5. The van der Waals surface area contributed by atoms with Crippen LogP contribution in [-0.2, 0) is 6.54 Å². The zero-order valence-corrected chi connectivity index (χ0v) is 14.1. The number of hydrogen-bond donors (Lipinski definition) is 1. The number of ether oxygens (including phenoxy) is 1. The van der Waals surface area contributed by atoms with E-state index >= 15 is 0 Å². The number of rotatable bonds is 5. The van der Waals surface area contributed by atoms with Crippen LogP contribution < -0.4 is 15.4 Å². The van der Waals surface area contributed by atoms with Crippen LogP contribution in [0.1, 0.15) is 19.4 Å². The zero-order chi connectivity index (χ0) is 15.4. The predicted molar refractivity (Wildman–Crippen MR) is 90.7 cm³/mol. The van der Waals surface area contributed by atoms with Crippen LogP contribution in [0.25, 0.3) is 0 Å². The molecule has 1 aromatic heterocycles.